The number of fused-ring (bicyclic) bond motifs is 1. The molecule has 2 aliphatic heterocycles. The lowest BCUT2D eigenvalue weighted by molar-refractivity contribution is -0.0300. The zero-order valence-electron chi connectivity index (χ0n) is 21.4. The zero-order valence-corrected chi connectivity index (χ0v) is 23.1. The lowest BCUT2D eigenvalue weighted by atomic mass is 9.88. The van der Waals surface area contributed by atoms with Gasteiger partial charge >= 0.3 is 0 Å². The number of rotatable bonds is 10. The van der Waals surface area contributed by atoms with Crippen LogP contribution < -0.4 is 15.5 Å². The molecule has 2 aromatic carbocycles. The molecule has 3 fully saturated rings. The van der Waals surface area contributed by atoms with Crippen LogP contribution in [0.25, 0.3) is 10.9 Å². The summed E-state index contributed by atoms with van der Waals surface area (Å²) in [7, 11) is 0. The topological polar surface area (TPSA) is 66.6 Å². The molecule has 1 spiro atoms. The predicted molar refractivity (Wildman–Crippen MR) is 152 cm³/mol. The maximum absolute atomic E-state index is 13.5. The second kappa shape index (κ2) is 11.6. The Hall–Kier alpha value is -2.04. The third-order valence-corrected chi connectivity index (χ3v) is 9.99. The molecule has 38 heavy (non-hydrogen) atoms. The normalized spacial score (nSPS) is 21.3. The van der Waals surface area contributed by atoms with Crippen LogP contribution in [0.3, 0.4) is 0 Å². The second-order valence-corrected chi connectivity index (χ2v) is 13.0. The van der Waals surface area contributed by atoms with Crippen molar-refractivity contribution in [1.82, 2.24) is 14.6 Å². The molecule has 6 rings (SSSR count). The number of nitrogens with zero attached hydrogens (tertiary/aromatic N) is 1. The molecule has 202 valence electrons. The summed E-state index contributed by atoms with van der Waals surface area (Å²) in [5, 5.41) is 4.99. The monoisotopic (exact) mass is 555 g/mol. The highest BCUT2D eigenvalue weighted by atomic mass is 32.2. The van der Waals surface area contributed by atoms with Gasteiger partial charge in [-0.05, 0) is 93.4 Å². The molecule has 2 saturated heterocycles. The van der Waals surface area contributed by atoms with Crippen LogP contribution in [0.15, 0.2) is 63.2 Å². The Bertz CT molecular complexity index is 1320. The number of ether oxygens (including phenoxy) is 2. The van der Waals surface area contributed by atoms with Crippen molar-refractivity contribution in [2.45, 2.75) is 65.2 Å². The van der Waals surface area contributed by atoms with Gasteiger partial charge in [-0.3, -0.25) is 4.79 Å². The van der Waals surface area contributed by atoms with E-state index in [2.05, 4.69) is 32.8 Å². The molecule has 1 aliphatic carbocycles. The molecule has 6 nitrogen and oxygen atoms in total. The number of aromatic nitrogens is 1. The average Bonchev–Trinajstić information content (AvgIpc) is 3.65. The summed E-state index contributed by atoms with van der Waals surface area (Å²) in [6, 6.07) is 13.1. The number of hydrogen-bond acceptors (Lipinski definition) is 7. The maximum Gasteiger partial charge on any atom is 0.204 e. The van der Waals surface area contributed by atoms with Crippen LogP contribution in [0.4, 0.5) is 4.39 Å². The van der Waals surface area contributed by atoms with E-state index in [-0.39, 0.29) is 16.8 Å². The van der Waals surface area contributed by atoms with E-state index in [1.807, 2.05) is 17.8 Å². The lowest BCUT2D eigenvalue weighted by Crippen LogP contribution is -2.42. The fourth-order valence-corrected chi connectivity index (χ4v) is 7.32. The average molecular weight is 556 g/mol. The van der Waals surface area contributed by atoms with Crippen molar-refractivity contribution in [2.75, 3.05) is 32.8 Å². The fraction of sp³-hybridized carbons (Fsp3) is 0.483. The number of piperidine rings is 1. The molecule has 1 saturated carbocycles. The first-order valence-corrected chi connectivity index (χ1v) is 15.2. The molecule has 3 aliphatic rings. The van der Waals surface area contributed by atoms with Gasteiger partial charge in [0.1, 0.15) is 11.6 Å². The van der Waals surface area contributed by atoms with E-state index in [1.54, 1.807) is 12.3 Å². The standard InChI is InChI=1S/C29H34FN3O3S2/c30-20-5-8-25-26(15-20)32-18-27(28(25)34)38-33-12-9-29(10-13-33)17-21(19-36-29)31-11-2-14-35-22-3-1-4-24(16-22)37-23-6-7-23/h1,3-5,8,15-16,18,21,23,31H,2,6-7,9-14,17,19H2,(H,32,34). The van der Waals surface area contributed by atoms with Gasteiger partial charge in [-0.25, -0.2) is 8.70 Å². The highest BCUT2D eigenvalue weighted by Gasteiger charge is 2.42. The van der Waals surface area contributed by atoms with Crippen molar-refractivity contribution < 1.29 is 13.9 Å². The van der Waals surface area contributed by atoms with Crippen molar-refractivity contribution in [3.63, 3.8) is 0 Å². The lowest BCUT2D eigenvalue weighted by Gasteiger charge is -2.37. The number of halogens is 1. The summed E-state index contributed by atoms with van der Waals surface area (Å²) < 4.78 is 28.0. The van der Waals surface area contributed by atoms with Gasteiger partial charge in [0.15, 0.2) is 0 Å². The predicted octanol–water partition coefficient (Wildman–Crippen LogP) is 5.61. The summed E-state index contributed by atoms with van der Waals surface area (Å²) >= 11 is 3.45. The van der Waals surface area contributed by atoms with E-state index < -0.39 is 0 Å². The van der Waals surface area contributed by atoms with E-state index in [0.717, 1.165) is 62.9 Å². The molecule has 3 aromatic rings. The largest absolute Gasteiger partial charge is 0.494 e. The molecule has 1 aromatic heterocycles. The van der Waals surface area contributed by atoms with E-state index >= 15 is 0 Å². The number of benzene rings is 2. The molecular formula is C29H34FN3O3S2. The van der Waals surface area contributed by atoms with Gasteiger partial charge in [-0.15, -0.1) is 11.8 Å². The molecule has 1 unspecified atom stereocenters. The van der Waals surface area contributed by atoms with E-state index in [9.17, 15) is 9.18 Å². The van der Waals surface area contributed by atoms with E-state index in [4.69, 9.17) is 9.47 Å². The molecule has 0 bridgehead atoms. The minimum Gasteiger partial charge on any atom is -0.494 e. The van der Waals surface area contributed by atoms with Crippen molar-refractivity contribution in [1.29, 1.82) is 0 Å². The van der Waals surface area contributed by atoms with Crippen molar-refractivity contribution >= 4 is 34.6 Å². The Balaban J connectivity index is 0.916. The number of aromatic amines is 1. The summed E-state index contributed by atoms with van der Waals surface area (Å²) in [6.45, 7) is 4.10. The Morgan fingerprint density at radius 2 is 2.05 bits per heavy atom. The summed E-state index contributed by atoms with van der Waals surface area (Å²) in [6.07, 6.45) is 8.25. The van der Waals surface area contributed by atoms with E-state index in [0.29, 0.717) is 28.4 Å². The number of nitrogens with one attached hydrogen (secondary N) is 2. The first kappa shape index (κ1) is 26.2. The number of thioether (sulfide) groups is 1. The smallest absolute Gasteiger partial charge is 0.204 e. The van der Waals surface area contributed by atoms with Crippen molar-refractivity contribution in [3.05, 3.63) is 64.7 Å². The number of hydrogen-bond donors (Lipinski definition) is 2. The quantitative estimate of drug-likeness (QED) is 0.249. The maximum atomic E-state index is 13.5. The Labute approximate surface area is 231 Å². The second-order valence-electron chi connectivity index (χ2n) is 10.5. The Morgan fingerprint density at radius 3 is 2.89 bits per heavy atom. The molecule has 3 heterocycles. The van der Waals surface area contributed by atoms with Gasteiger partial charge in [-0.1, -0.05) is 6.07 Å². The zero-order chi connectivity index (χ0) is 26.0. The van der Waals surface area contributed by atoms with Crippen LogP contribution in [-0.2, 0) is 4.74 Å². The van der Waals surface area contributed by atoms with Crippen molar-refractivity contribution in [2.24, 2.45) is 0 Å². The van der Waals surface area contributed by atoms with Crippen LogP contribution >= 0.6 is 23.7 Å². The van der Waals surface area contributed by atoms with Crippen LogP contribution in [0.2, 0.25) is 0 Å². The summed E-state index contributed by atoms with van der Waals surface area (Å²) in [4.78, 5) is 17.9. The highest BCUT2D eigenvalue weighted by molar-refractivity contribution is 8.00. The highest BCUT2D eigenvalue weighted by Crippen LogP contribution is 2.40. The van der Waals surface area contributed by atoms with Crippen LogP contribution in [0.1, 0.15) is 38.5 Å². The number of pyridine rings is 1. The molecule has 2 N–H and O–H groups in total. The van der Waals surface area contributed by atoms with Crippen molar-refractivity contribution in [3.8, 4) is 5.75 Å². The summed E-state index contributed by atoms with van der Waals surface area (Å²) in [5.74, 6) is 0.611. The van der Waals surface area contributed by atoms with Crippen LogP contribution in [0.5, 0.6) is 5.75 Å². The molecule has 0 amide bonds. The van der Waals surface area contributed by atoms with Gasteiger partial charge in [0.2, 0.25) is 5.43 Å². The fourth-order valence-electron chi connectivity index (χ4n) is 5.28. The van der Waals surface area contributed by atoms with Gasteiger partial charge < -0.3 is 19.8 Å². The molecule has 1 atom stereocenters. The molecule has 0 radical (unpaired) electrons. The first-order chi connectivity index (χ1) is 18.6. The van der Waals surface area contributed by atoms with Gasteiger partial charge in [0, 0.05) is 40.9 Å². The Kier molecular flexibility index (Phi) is 8.00. The third kappa shape index (κ3) is 6.39. The van der Waals surface area contributed by atoms with E-state index in [1.165, 1.54) is 41.8 Å². The summed E-state index contributed by atoms with van der Waals surface area (Å²) in [5.41, 5.74) is 0.399. The first-order valence-electron chi connectivity index (χ1n) is 13.6. The van der Waals surface area contributed by atoms with Crippen LogP contribution in [0, 0.1) is 5.82 Å². The minimum absolute atomic E-state index is 0.0563. The Morgan fingerprint density at radius 1 is 1.18 bits per heavy atom. The van der Waals surface area contributed by atoms with Gasteiger partial charge in [0.25, 0.3) is 0 Å². The SMILES string of the molecule is O=c1c(SN2CCC3(CC2)CC(NCCCOc2cccc(SC4CC4)c2)CO3)c[nH]c2cc(F)ccc12. The third-order valence-electron chi connectivity index (χ3n) is 7.53. The molecule has 9 heteroatoms. The number of H-pyrrole nitrogens is 1. The van der Waals surface area contributed by atoms with Gasteiger partial charge in [-0.2, -0.15) is 0 Å². The van der Waals surface area contributed by atoms with Gasteiger partial charge in [0.05, 0.1) is 29.2 Å². The minimum atomic E-state index is -0.350. The molecular weight excluding hydrogens is 521 g/mol. The van der Waals surface area contributed by atoms with Crippen LogP contribution in [-0.4, -0.2) is 59.0 Å².